The molecular formula is C16H29N3. The Morgan fingerprint density at radius 2 is 2.21 bits per heavy atom. The Hall–Kier alpha value is -0.830. The molecule has 0 spiro atoms. The van der Waals surface area contributed by atoms with Gasteiger partial charge in [-0.05, 0) is 50.6 Å². The van der Waals surface area contributed by atoms with E-state index in [9.17, 15) is 0 Å². The maximum atomic E-state index is 4.74. The van der Waals surface area contributed by atoms with Gasteiger partial charge < -0.3 is 5.32 Å². The van der Waals surface area contributed by atoms with Crippen LogP contribution in [0, 0.1) is 11.8 Å². The Morgan fingerprint density at radius 1 is 1.47 bits per heavy atom. The van der Waals surface area contributed by atoms with Crippen LogP contribution < -0.4 is 5.32 Å². The first-order valence-electron chi connectivity index (χ1n) is 7.93. The van der Waals surface area contributed by atoms with Crippen molar-refractivity contribution in [2.75, 3.05) is 6.54 Å². The largest absolute Gasteiger partial charge is 0.313 e. The monoisotopic (exact) mass is 263 g/mol. The second kappa shape index (κ2) is 6.56. The Balaban J connectivity index is 1.94. The molecule has 1 N–H and O–H groups in total. The van der Waals surface area contributed by atoms with Gasteiger partial charge in [-0.1, -0.05) is 20.8 Å². The summed E-state index contributed by atoms with van der Waals surface area (Å²) in [5, 5.41) is 8.45. The number of rotatable bonds is 8. The van der Waals surface area contributed by atoms with Gasteiger partial charge in [0.1, 0.15) is 0 Å². The quantitative estimate of drug-likeness (QED) is 0.779. The Kier molecular flexibility index (Phi) is 5.03. The summed E-state index contributed by atoms with van der Waals surface area (Å²) in [6, 6.07) is 3.32. The third-order valence-corrected chi connectivity index (χ3v) is 4.48. The molecule has 1 fully saturated rings. The van der Waals surface area contributed by atoms with E-state index in [0.29, 0.717) is 12.1 Å². The number of nitrogens with one attached hydrogen (secondary N) is 1. The Bertz CT molecular complexity index is 385. The summed E-state index contributed by atoms with van der Waals surface area (Å²) in [6.45, 7) is 10.2. The summed E-state index contributed by atoms with van der Waals surface area (Å²) in [6.07, 6.45) is 6.94. The lowest BCUT2D eigenvalue weighted by atomic mass is 10.1. The fraction of sp³-hybridized carbons (Fsp3) is 0.812. The van der Waals surface area contributed by atoms with Gasteiger partial charge in [0, 0.05) is 24.7 Å². The maximum absolute atomic E-state index is 4.74. The van der Waals surface area contributed by atoms with E-state index in [0.717, 1.165) is 31.2 Å². The zero-order valence-corrected chi connectivity index (χ0v) is 12.9. The molecule has 108 valence electrons. The van der Waals surface area contributed by atoms with E-state index < -0.39 is 0 Å². The lowest BCUT2D eigenvalue weighted by Crippen LogP contribution is -2.34. The van der Waals surface area contributed by atoms with Gasteiger partial charge in [0.2, 0.25) is 0 Å². The smallest absolute Gasteiger partial charge is 0.0640 e. The number of aromatic nitrogens is 2. The zero-order chi connectivity index (χ0) is 13.8. The molecule has 19 heavy (non-hydrogen) atoms. The highest BCUT2D eigenvalue weighted by Gasteiger charge is 2.39. The van der Waals surface area contributed by atoms with E-state index in [1.165, 1.54) is 18.5 Å². The van der Waals surface area contributed by atoms with Crippen molar-refractivity contribution in [2.45, 2.75) is 65.5 Å². The molecule has 1 aliphatic carbocycles. The molecule has 1 heterocycles. The first-order chi connectivity index (χ1) is 9.15. The van der Waals surface area contributed by atoms with Crippen molar-refractivity contribution in [1.29, 1.82) is 0 Å². The molecule has 1 aromatic rings. The molecule has 0 amide bonds. The summed E-state index contributed by atoms with van der Waals surface area (Å²) in [7, 11) is 0. The molecule has 0 bridgehead atoms. The molecule has 1 saturated carbocycles. The SMILES string of the molecule is CCCNC(Cc1ccn(C(C)CC)n1)C1CC1C. The molecule has 4 atom stereocenters. The predicted octanol–water partition coefficient (Wildman–Crippen LogP) is 3.42. The van der Waals surface area contributed by atoms with Gasteiger partial charge in [0.15, 0.2) is 0 Å². The van der Waals surface area contributed by atoms with E-state index in [2.05, 4.69) is 50.0 Å². The predicted molar refractivity (Wildman–Crippen MR) is 80.3 cm³/mol. The van der Waals surface area contributed by atoms with Crippen molar-refractivity contribution in [2.24, 2.45) is 11.8 Å². The normalized spacial score (nSPS) is 25.3. The van der Waals surface area contributed by atoms with Crippen LogP contribution in [0.4, 0.5) is 0 Å². The van der Waals surface area contributed by atoms with Crippen molar-refractivity contribution in [1.82, 2.24) is 15.1 Å². The van der Waals surface area contributed by atoms with Gasteiger partial charge in [-0.2, -0.15) is 5.10 Å². The third-order valence-electron chi connectivity index (χ3n) is 4.48. The minimum absolute atomic E-state index is 0.510. The van der Waals surface area contributed by atoms with Crippen molar-refractivity contribution < 1.29 is 0 Å². The van der Waals surface area contributed by atoms with Gasteiger partial charge in [-0.3, -0.25) is 4.68 Å². The van der Waals surface area contributed by atoms with E-state index in [1.807, 2.05) is 0 Å². The number of hydrogen-bond donors (Lipinski definition) is 1. The van der Waals surface area contributed by atoms with Crippen LogP contribution >= 0.6 is 0 Å². The van der Waals surface area contributed by atoms with Crippen LogP contribution in [0.2, 0.25) is 0 Å². The summed E-state index contributed by atoms with van der Waals surface area (Å²) in [5.41, 5.74) is 1.24. The Labute approximate surface area is 117 Å². The van der Waals surface area contributed by atoms with Crippen LogP contribution in [-0.4, -0.2) is 22.4 Å². The summed E-state index contributed by atoms with van der Waals surface area (Å²) >= 11 is 0. The zero-order valence-electron chi connectivity index (χ0n) is 12.9. The second-order valence-corrected chi connectivity index (χ2v) is 6.19. The fourth-order valence-corrected chi connectivity index (χ4v) is 2.76. The van der Waals surface area contributed by atoms with E-state index in [1.54, 1.807) is 0 Å². The highest BCUT2D eigenvalue weighted by molar-refractivity contribution is 5.05. The average Bonchev–Trinajstić information content (AvgIpc) is 2.96. The lowest BCUT2D eigenvalue weighted by molar-refractivity contribution is 0.430. The second-order valence-electron chi connectivity index (χ2n) is 6.19. The molecule has 4 unspecified atom stereocenters. The lowest BCUT2D eigenvalue weighted by Gasteiger charge is -2.17. The van der Waals surface area contributed by atoms with E-state index >= 15 is 0 Å². The van der Waals surface area contributed by atoms with Crippen molar-refractivity contribution in [3.63, 3.8) is 0 Å². The average molecular weight is 263 g/mol. The van der Waals surface area contributed by atoms with Gasteiger partial charge in [0.05, 0.1) is 5.69 Å². The van der Waals surface area contributed by atoms with Gasteiger partial charge in [-0.15, -0.1) is 0 Å². The fourth-order valence-electron chi connectivity index (χ4n) is 2.76. The highest BCUT2D eigenvalue weighted by Crippen LogP contribution is 2.41. The van der Waals surface area contributed by atoms with Gasteiger partial charge >= 0.3 is 0 Å². The molecular weight excluding hydrogens is 234 g/mol. The van der Waals surface area contributed by atoms with Crippen molar-refractivity contribution in [3.8, 4) is 0 Å². The van der Waals surface area contributed by atoms with E-state index in [4.69, 9.17) is 5.10 Å². The molecule has 1 aliphatic rings. The van der Waals surface area contributed by atoms with Crippen LogP contribution in [0.5, 0.6) is 0 Å². The molecule has 0 aromatic carbocycles. The van der Waals surface area contributed by atoms with Crippen LogP contribution in [0.15, 0.2) is 12.3 Å². The molecule has 0 radical (unpaired) electrons. The first kappa shape index (κ1) is 14.6. The highest BCUT2D eigenvalue weighted by atomic mass is 15.3. The molecule has 0 aliphatic heterocycles. The van der Waals surface area contributed by atoms with Crippen molar-refractivity contribution >= 4 is 0 Å². The number of hydrogen-bond acceptors (Lipinski definition) is 2. The van der Waals surface area contributed by atoms with E-state index in [-0.39, 0.29) is 0 Å². The molecule has 1 aromatic heterocycles. The molecule has 2 rings (SSSR count). The third kappa shape index (κ3) is 3.82. The van der Waals surface area contributed by atoms with Crippen LogP contribution in [0.3, 0.4) is 0 Å². The Morgan fingerprint density at radius 3 is 2.79 bits per heavy atom. The van der Waals surface area contributed by atoms with Crippen LogP contribution in [0.25, 0.3) is 0 Å². The first-order valence-corrected chi connectivity index (χ1v) is 7.93. The van der Waals surface area contributed by atoms with Gasteiger partial charge in [-0.25, -0.2) is 0 Å². The standard InChI is InChI=1S/C16H29N3/c1-5-8-17-16(15-10-12(15)3)11-14-7-9-19(18-14)13(4)6-2/h7,9,12-13,15-17H,5-6,8,10-11H2,1-4H3. The van der Waals surface area contributed by atoms with Crippen LogP contribution in [0.1, 0.15) is 58.7 Å². The molecule has 3 heteroatoms. The minimum atomic E-state index is 0.510. The van der Waals surface area contributed by atoms with Crippen LogP contribution in [-0.2, 0) is 6.42 Å². The number of nitrogens with zero attached hydrogens (tertiary/aromatic N) is 2. The van der Waals surface area contributed by atoms with Crippen molar-refractivity contribution in [3.05, 3.63) is 18.0 Å². The molecule has 3 nitrogen and oxygen atoms in total. The summed E-state index contributed by atoms with van der Waals surface area (Å²) in [4.78, 5) is 0. The summed E-state index contributed by atoms with van der Waals surface area (Å²) in [5.74, 6) is 1.76. The maximum Gasteiger partial charge on any atom is 0.0640 e. The summed E-state index contributed by atoms with van der Waals surface area (Å²) < 4.78 is 2.11. The minimum Gasteiger partial charge on any atom is -0.313 e. The molecule has 0 saturated heterocycles. The van der Waals surface area contributed by atoms with Gasteiger partial charge in [0.25, 0.3) is 0 Å². The topological polar surface area (TPSA) is 29.9 Å².